The molecule has 0 bridgehead atoms. The van der Waals surface area contributed by atoms with E-state index in [1.165, 1.54) is 0 Å². The van der Waals surface area contributed by atoms with Crippen molar-refractivity contribution in [1.29, 1.82) is 0 Å². The maximum atomic E-state index is 13.0. The maximum Gasteiger partial charge on any atom is 0.435 e. The van der Waals surface area contributed by atoms with Gasteiger partial charge >= 0.3 is 12.1 Å². The van der Waals surface area contributed by atoms with Crippen LogP contribution in [0.25, 0.3) is 0 Å². The van der Waals surface area contributed by atoms with E-state index in [0.29, 0.717) is 18.8 Å². The van der Waals surface area contributed by atoms with Crippen molar-refractivity contribution in [1.82, 2.24) is 15.0 Å². The van der Waals surface area contributed by atoms with Crippen LogP contribution in [0, 0.1) is 5.92 Å². The highest BCUT2D eigenvalue weighted by molar-refractivity contribution is 5.86. The van der Waals surface area contributed by atoms with Crippen LogP contribution in [0.2, 0.25) is 0 Å². The lowest BCUT2D eigenvalue weighted by atomic mass is 9.87. The number of hydrogen-bond donors (Lipinski definition) is 1. The van der Waals surface area contributed by atoms with Gasteiger partial charge in [0.1, 0.15) is 0 Å². The molecular formula is C11H14F3N3O2. The van der Waals surface area contributed by atoms with Gasteiger partial charge < -0.3 is 5.11 Å². The Hall–Kier alpha value is -1.60. The highest BCUT2D eigenvalue weighted by Crippen LogP contribution is 2.38. The van der Waals surface area contributed by atoms with Crippen LogP contribution in [-0.4, -0.2) is 26.1 Å². The molecule has 1 aliphatic rings. The minimum Gasteiger partial charge on any atom is -0.476 e. The molecule has 1 aliphatic carbocycles. The summed E-state index contributed by atoms with van der Waals surface area (Å²) in [6.45, 7) is 1.97. The Morgan fingerprint density at radius 1 is 1.42 bits per heavy atom. The lowest BCUT2D eigenvalue weighted by Crippen LogP contribution is -2.25. The molecule has 2 unspecified atom stereocenters. The summed E-state index contributed by atoms with van der Waals surface area (Å²) in [6, 6.07) is -0.430. The van der Waals surface area contributed by atoms with Crippen LogP contribution in [0.3, 0.4) is 0 Å². The zero-order chi connectivity index (χ0) is 14.2. The number of alkyl halides is 3. The fourth-order valence-electron chi connectivity index (χ4n) is 2.58. The summed E-state index contributed by atoms with van der Waals surface area (Å²) in [5.74, 6) is -1.40. The van der Waals surface area contributed by atoms with Crippen molar-refractivity contribution in [3.05, 3.63) is 11.4 Å². The van der Waals surface area contributed by atoms with Gasteiger partial charge in [0.15, 0.2) is 5.69 Å². The summed E-state index contributed by atoms with van der Waals surface area (Å²) in [4.78, 5) is 10.8. The average molecular weight is 277 g/mol. The first-order chi connectivity index (χ1) is 8.80. The molecule has 1 aromatic heterocycles. The predicted octanol–water partition coefficient (Wildman–Crippen LogP) is 2.75. The monoisotopic (exact) mass is 277 g/mol. The molecule has 0 aromatic carbocycles. The van der Waals surface area contributed by atoms with Crippen LogP contribution < -0.4 is 0 Å². The fraction of sp³-hybridized carbons (Fsp3) is 0.727. The molecule has 0 radical (unpaired) electrons. The SMILES string of the molecule is CC1CCCC(n2nnc(C(=O)O)c2C(F)(F)F)C1. The molecule has 2 rings (SSSR count). The highest BCUT2D eigenvalue weighted by Gasteiger charge is 2.43. The third-order valence-electron chi connectivity index (χ3n) is 3.42. The third kappa shape index (κ3) is 2.71. The smallest absolute Gasteiger partial charge is 0.435 e. The van der Waals surface area contributed by atoms with E-state index in [0.717, 1.165) is 17.5 Å². The van der Waals surface area contributed by atoms with E-state index in [1.54, 1.807) is 0 Å². The molecule has 8 heteroatoms. The number of aromatic carboxylic acids is 1. The molecule has 1 fully saturated rings. The summed E-state index contributed by atoms with van der Waals surface area (Å²) in [6.07, 6.45) is -1.86. The number of nitrogens with zero attached hydrogens (tertiary/aromatic N) is 3. The molecule has 1 heterocycles. The molecule has 0 saturated heterocycles. The van der Waals surface area contributed by atoms with Gasteiger partial charge in [-0.1, -0.05) is 25.0 Å². The molecule has 0 spiro atoms. The largest absolute Gasteiger partial charge is 0.476 e. The van der Waals surface area contributed by atoms with Crippen molar-refractivity contribution in [2.24, 2.45) is 5.92 Å². The van der Waals surface area contributed by atoms with Crippen LogP contribution >= 0.6 is 0 Å². The number of aromatic nitrogens is 3. The first-order valence-corrected chi connectivity index (χ1v) is 6.06. The molecule has 19 heavy (non-hydrogen) atoms. The van der Waals surface area contributed by atoms with Crippen LogP contribution in [-0.2, 0) is 6.18 Å². The number of halogens is 3. The van der Waals surface area contributed by atoms with E-state index >= 15 is 0 Å². The van der Waals surface area contributed by atoms with Gasteiger partial charge in [0, 0.05) is 0 Å². The minimum atomic E-state index is -4.77. The van der Waals surface area contributed by atoms with E-state index in [-0.39, 0.29) is 0 Å². The van der Waals surface area contributed by atoms with Crippen LogP contribution in [0.15, 0.2) is 0 Å². The summed E-state index contributed by atoms with van der Waals surface area (Å²) in [5, 5.41) is 15.4. The Bertz CT molecular complexity index is 484. The van der Waals surface area contributed by atoms with Crippen molar-refractivity contribution in [2.75, 3.05) is 0 Å². The van der Waals surface area contributed by atoms with Gasteiger partial charge in [0.05, 0.1) is 6.04 Å². The molecule has 5 nitrogen and oxygen atoms in total. The predicted molar refractivity (Wildman–Crippen MR) is 58.7 cm³/mol. The topological polar surface area (TPSA) is 68.0 Å². The highest BCUT2D eigenvalue weighted by atomic mass is 19.4. The second-order valence-corrected chi connectivity index (χ2v) is 4.96. The molecular weight excluding hydrogens is 263 g/mol. The van der Waals surface area contributed by atoms with Crippen LogP contribution in [0.5, 0.6) is 0 Å². The number of rotatable bonds is 2. The van der Waals surface area contributed by atoms with Crippen molar-refractivity contribution in [3.63, 3.8) is 0 Å². The fourth-order valence-corrected chi connectivity index (χ4v) is 2.58. The van der Waals surface area contributed by atoms with E-state index in [9.17, 15) is 18.0 Å². The van der Waals surface area contributed by atoms with E-state index in [1.807, 2.05) is 6.92 Å². The zero-order valence-electron chi connectivity index (χ0n) is 10.3. The van der Waals surface area contributed by atoms with Crippen molar-refractivity contribution in [2.45, 2.75) is 44.8 Å². The summed E-state index contributed by atoms with van der Waals surface area (Å²) in [5.41, 5.74) is -2.27. The second-order valence-electron chi connectivity index (χ2n) is 4.96. The Kier molecular flexibility index (Phi) is 3.51. The van der Waals surface area contributed by atoms with Crippen molar-refractivity contribution in [3.8, 4) is 0 Å². The summed E-state index contributed by atoms with van der Waals surface area (Å²) < 4.78 is 39.7. The first-order valence-electron chi connectivity index (χ1n) is 6.06. The van der Waals surface area contributed by atoms with Gasteiger partial charge in [0.25, 0.3) is 0 Å². The van der Waals surface area contributed by atoms with Gasteiger partial charge in [-0.05, 0) is 18.8 Å². The molecule has 0 aliphatic heterocycles. The lowest BCUT2D eigenvalue weighted by Gasteiger charge is -2.27. The third-order valence-corrected chi connectivity index (χ3v) is 3.42. The van der Waals surface area contributed by atoms with Crippen LogP contribution in [0.4, 0.5) is 13.2 Å². The zero-order valence-corrected chi connectivity index (χ0v) is 10.3. The van der Waals surface area contributed by atoms with E-state index in [2.05, 4.69) is 10.3 Å². The second kappa shape index (κ2) is 4.82. The number of carboxylic acid groups (broad SMARTS) is 1. The molecule has 106 valence electrons. The average Bonchev–Trinajstić information content (AvgIpc) is 2.73. The summed E-state index contributed by atoms with van der Waals surface area (Å²) >= 11 is 0. The molecule has 2 atom stereocenters. The number of carboxylic acids is 1. The minimum absolute atomic E-state index is 0.303. The molecule has 1 N–H and O–H groups in total. The van der Waals surface area contributed by atoms with Crippen molar-refractivity contribution >= 4 is 5.97 Å². The lowest BCUT2D eigenvalue weighted by molar-refractivity contribution is -0.145. The van der Waals surface area contributed by atoms with Gasteiger partial charge in [-0.25, -0.2) is 9.48 Å². The van der Waals surface area contributed by atoms with Gasteiger partial charge in [0.2, 0.25) is 5.69 Å². The number of hydrogen-bond acceptors (Lipinski definition) is 3. The maximum absolute atomic E-state index is 13.0. The van der Waals surface area contributed by atoms with E-state index < -0.39 is 29.6 Å². The van der Waals surface area contributed by atoms with Gasteiger partial charge in [-0.3, -0.25) is 0 Å². The van der Waals surface area contributed by atoms with Gasteiger partial charge in [-0.15, -0.1) is 5.10 Å². The normalized spacial score (nSPS) is 24.4. The number of carbonyl (C=O) groups is 1. The van der Waals surface area contributed by atoms with Crippen LogP contribution in [0.1, 0.15) is 54.8 Å². The summed E-state index contributed by atoms with van der Waals surface area (Å²) in [7, 11) is 0. The first kappa shape index (κ1) is 13.8. The standard InChI is InChI=1S/C11H14F3N3O2/c1-6-3-2-4-7(5-6)17-9(11(12,13)14)8(10(18)19)15-16-17/h6-7H,2-5H2,1H3,(H,18,19). The quantitative estimate of drug-likeness (QED) is 0.902. The Morgan fingerprint density at radius 3 is 2.63 bits per heavy atom. The Balaban J connectivity index is 2.43. The van der Waals surface area contributed by atoms with Gasteiger partial charge in [-0.2, -0.15) is 13.2 Å². The molecule has 0 amide bonds. The Morgan fingerprint density at radius 2 is 2.11 bits per heavy atom. The molecule has 1 aromatic rings. The van der Waals surface area contributed by atoms with Crippen molar-refractivity contribution < 1.29 is 23.1 Å². The van der Waals surface area contributed by atoms with E-state index in [4.69, 9.17) is 5.11 Å². The Labute approximate surface area is 107 Å². The molecule has 1 saturated carbocycles.